The van der Waals surface area contributed by atoms with E-state index in [1.165, 1.54) is 13.0 Å². The number of benzene rings is 2. The van der Waals surface area contributed by atoms with Crippen molar-refractivity contribution >= 4 is 58.0 Å². The number of thioether (sulfide) groups is 1. The number of fused-ring (bicyclic) bond motifs is 3. The van der Waals surface area contributed by atoms with Gasteiger partial charge < -0.3 is 34.6 Å². The number of carbonyl (C=O) groups is 4. The second kappa shape index (κ2) is 16.3. The Balaban J connectivity index is 1.96. The van der Waals surface area contributed by atoms with Gasteiger partial charge in [0.25, 0.3) is 11.8 Å². The van der Waals surface area contributed by atoms with Crippen molar-refractivity contribution < 1.29 is 37.8 Å². The topological polar surface area (TPSA) is 199 Å². The van der Waals surface area contributed by atoms with Crippen LogP contribution in [-0.2, 0) is 19.1 Å². The number of rotatable bonds is 13. The van der Waals surface area contributed by atoms with E-state index in [1.807, 2.05) is 33.1 Å². The second-order valence-corrected chi connectivity index (χ2v) is 13.8. The van der Waals surface area contributed by atoms with Crippen LogP contribution >= 0.6 is 11.8 Å². The highest BCUT2D eigenvalue weighted by Crippen LogP contribution is 2.52. The highest BCUT2D eigenvalue weighted by Gasteiger charge is 2.36. The van der Waals surface area contributed by atoms with E-state index >= 15 is 0 Å². The molecule has 0 spiro atoms. The molecule has 2 unspecified atom stereocenters. The lowest BCUT2D eigenvalue weighted by Crippen LogP contribution is -2.43. The zero-order valence-electron chi connectivity index (χ0n) is 30.2. The van der Waals surface area contributed by atoms with Crippen molar-refractivity contribution in [1.82, 2.24) is 15.6 Å². The first-order valence-corrected chi connectivity index (χ1v) is 17.6. The molecule has 0 bridgehead atoms. The Bertz CT molecular complexity index is 1980. The van der Waals surface area contributed by atoms with Gasteiger partial charge in [0.15, 0.2) is 17.1 Å². The van der Waals surface area contributed by atoms with Crippen LogP contribution in [0.2, 0.25) is 0 Å². The van der Waals surface area contributed by atoms with Crippen LogP contribution < -0.4 is 26.3 Å². The molecule has 4 rings (SSSR count). The summed E-state index contributed by atoms with van der Waals surface area (Å²) < 4.78 is 22.6. The van der Waals surface area contributed by atoms with Gasteiger partial charge in [0, 0.05) is 16.0 Å². The Kier molecular flexibility index (Phi) is 12.4. The van der Waals surface area contributed by atoms with Crippen molar-refractivity contribution in [3.05, 3.63) is 44.4 Å². The normalized spacial score (nSPS) is 12.9. The summed E-state index contributed by atoms with van der Waals surface area (Å²) in [6, 6.07) is -0.486. The number of carbonyl (C=O) groups excluding carboxylic acids is 4. The highest BCUT2D eigenvalue weighted by atomic mass is 32.2. The molecule has 2 heterocycles. The Morgan fingerprint density at radius 3 is 1.98 bits per heavy atom. The van der Waals surface area contributed by atoms with Crippen molar-refractivity contribution in [1.29, 1.82) is 5.26 Å². The van der Waals surface area contributed by atoms with Gasteiger partial charge in [-0.15, -0.1) is 0 Å². The molecule has 2 atom stereocenters. The van der Waals surface area contributed by atoms with E-state index in [4.69, 9.17) is 18.6 Å². The number of nitriles is 1. The fourth-order valence-corrected chi connectivity index (χ4v) is 6.28. The van der Waals surface area contributed by atoms with Crippen LogP contribution in [0.5, 0.6) is 11.5 Å². The fraction of sp³-hybridized carbons (Fsp3) is 0.472. The Hall–Kier alpha value is -5.10. The average molecular weight is 722 g/mol. The lowest BCUT2D eigenvalue weighted by molar-refractivity contribution is -0.146. The predicted octanol–water partition coefficient (Wildman–Crippen LogP) is 5.95. The van der Waals surface area contributed by atoms with Crippen LogP contribution in [0.3, 0.4) is 0 Å². The zero-order chi connectivity index (χ0) is 37.7. The summed E-state index contributed by atoms with van der Waals surface area (Å²) >= 11 is 0.816. The van der Waals surface area contributed by atoms with Gasteiger partial charge in [0.1, 0.15) is 28.7 Å². The van der Waals surface area contributed by atoms with Gasteiger partial charge in [0.2, 0.25) is 0 Å². The third-order valence-electron chi connectivity index (χ3n) is 8.11. The molecule has 0 saturated heterocycles. The number of nitrogens with one attached hydrogen (secondary N) is 3. The third kappa shape index (κ3) is 8.28. The van der Waals surface area contributed by atoms with Crippen molar-refractivity contribution in [2.75, 3.05) is 18.5 Å². The number of hydrogen-bond acceptors (Lipinski definition) is 13. The molecule has 0 aliphatic carbocycles. The quantitative estimate of drug-likeness (QED) is 0.0832. The number of anilines is 2. The molecule has 3 N–H and O–H groups in total. The minimum Gasteiger partial charge on any atom is -0.464 e. The first-order valence-electron chi connectivity index (χ1n) is 16.7. The van der Waals surface area contributed by atoms with E-state index in [0.717, 1.165) is 11.8 Å². The van der Waals surface area contributed by atoms with Crippen LogP contribution in [-0.4, -0.2) is 54.0 Å². The Morgan fingerprint density at radius 1 is 0.902 bits per heavy atom. The zero-order valence-corrected chi connectivity index (χ0v) is 31.0. The maximum atomic E-state index is 14.3. The van der Waals surface area contributed by atoms with Crippen LogP contribution in [0.1, 0.15) is 91.9 Å². The summed E-state index contributed by atoms with van der Waals surface area (Å²) in [5.41, 5.74) is 0.266. The van der Waals surface area contributed by atoms with Crippen LogP contribution in [0.25, 0.3) is 11.1 Å². The number of amides is 2. The smallest absolute Gasteiger partial charge is 0.357 e. The van der Waals surface area contributed by atoms with E-state index in [1.54, 1.807) is 27.7 Å². The molecule has 15 heteroatoms. The number of aryl methyl sites for hydroxylation is 2. The van der Waals surface area contributed by atoms with Gasteiger partial charge in [-0.2, -0.15) is 5.26 Å². The van der Waals surface area contributed by atoms with Crippen molar-refractivity contribution in [3.8, 4) is 16.9 Å². The van der Waals surface area contributed by atoms with Crippen molar-refractivity contribution in [3.63, 3.8) is 0 Å². The molecule has 1 aromatic heterocycles. The number of aromatic nitrogens is 1. The van der Waals surface area contributed by atoms with Crippen LogP contribution in [0.15, 0.2) is 20.2 Å². The minimum absolute atomic E-state index is 0.00811. The number of thiocyanates is 1. The van der Waals surface area contributed by atoms with Gasteiger partial charge in [-0.05, 0) is 77.1 Å². The maximum Gasteiger partial charge on any atom is 0.357 e. The van der Waals surface area contributed by atoms with E-state index in [9.17, 15) is 29.2 Å². The van der Waals surface area contributed by atoms with Crippen LogP contribution in [0.4, 0.5) is 11.4 Å². The van der Waals surface area contributed by atoms with Crippen molar-refractivity contribution in [2.24, 2.45) is 11.8 Å². The van der Waals surface area contributed by atoms with Gasteiger partial charge in [-0.1, -0.05) is 27.7 Å². The van der Waals surface area contributed by atoms with Crippen LogP contribution in [0, 0.1) is 43.3 Å². The summed E-state index contributed by atoms with van der Waals surface area (Å²) in [7, 11) is 0. The lowest BCUT2D eigenvalue weighted by Gasteiger charge is -2.30. The molecule has 0 radical (unpaired) electrons. The van der Waals surface area contributed by atoms with E-state index in [0.29, 0.717) is 22.4 Å². The number of nitrogens with zero attached hydrogens (tertiary/aromatic N) is 2. The molecular weight excluding hydrogens is 678 g/mol. The molecule has 0 saturated carbocycles. The summed E-state index contributed by atoms with van der Waals surface area (Å²) in [4.78, 5) is 71.7. The largest absolute Gasteiger partial charge is 0.464 e. The maximum absolute atomic E-state index is 14.3. The molecule has 1 aliphatic rings. The number of esters is 2. The molecule has 0 fully saturated rings. The van der Waals surface area contributed by atoms with Crippen molar-refractivity contribution in [2.45, 2.75) is 92.1 Å². The molecule has 3 aromatic rings. The van der Waals surface area contributed by atoms with E-state index in [-0.39, 0.29) is 82.3 Å². The minimum atomic E-state index is -1.02. The summed E-state index contributed by atoms with van der Waals surface area (Å²) in [6.07, 6.45) is 0.570. The van der Waals surface area contributed by atoms with Gasteiger partial charge in [-0.3, -0.25) is 9.59 Å². The Labute approximate surface area is 300 Å². The number of hydrogen-bond donors (Lipinski definition) is 3. The highest BCUT2D eigenvalue weighted by molar-refractivity contribution is 8.03. The first kappa shape index (κ1) is 38.7. The second-order valence-electron chi connectivity index (χ2n) is 13.0. The van der Waals surface area contributed by atoms with Gasteiger partial charge in [-0.25, -0.2) is 19.4 Å². The van der Waals surface area contributed by atoms with Gasteiger partial charge >= 0.3 is 17.6 Å². The lowest BCUT2D eigenvalue weighted by atomic mass is 9.98. The van der Waals surface area contributed by atoms with E-state index < -0.39 is 41.5 Å². The standard InChI is InChI=1S/C36H43N5O9S/c1-10-47-35(45)22(12-16(3)4)39-32(42)21-14-24(51-15-37)18(7)29-26(21)41-28-25(33(43)40-23(13-17(5)6)36(46)48-11-2)27-31(19(8)30(28)49-29)50-34(44)20(9)38-27/h14,16-17,22-23,41H,10-13H2,1-9H3,(H,39,42)(H,40,43). The molecule has 2 aromatic carbocycles. The Morgan fingerprint density at radius 2 is 1.45 bits per heavy atom. The monoisotopic (exact) mass is 721 g/mol. The molecule has 2 amide bonds. The molecule has 272 valence electrons. The third-order valence-corrected chi connectivity index (χ3v) is 8.85. The fourth-order valence-electron chi connectivity index (χ4n) is 5.76. The van der Waals surface area contributed by atoms with Gasteiger partial charge in [0.05, 0.1) is 35.7 Å². The average Bonchev–Trinajstić information content (AvgIpc) is 3.05. The van der Waals surface area contributed by atoms with E-state index in [2.05, 4.69) is 20.9 Å². The summed E-state index contributed by atoms with van der Waals surface area (Å²) in [5.74, 6) is -2.30. The predicted molar refractivity (Wildman–Crippen MR) is 190 cm³/mol. The number of ether oxygens (including phenoxy) is 3. The molecular formula is C36H43N5O9S. The molecule has 1 aliphatic heterocycles. The summed E-state index contributed by atoms with van der Waals surface area (Å²) in [6.45, 7) is 16.0. The summed E-state index contributed by atoms with van der Waals surface area (Å²) in [5, 5.41) is 20.4. The molecule has 51 heavy (non-hydrogen) atoms. The molecule has 14 nitrogen and oxygen atoms in total. The SMILES string of the molecule is CCOC(=O)C(CC(C)C)NC(=O)c1cc(SC#N)c(C)c2c1Nc1c(c(C)c3oc(=O)c(C)nc3c1C(=O)NC(CC(C)C)C(=O)OCC)O2. The first-order chi connectivity index (χ1) is 24.1.